The molecule has 0 amide bonds. The fourth-order valence-corrected chi connectivity index (χ4v) is 2.55. The molecular weight excluding hydrogens is 270 g/mol. The van der Waals surface area contributed by atoms with Crippen LogP contribution in [0.2, 0.25) is 0 Å². The first kappa shape index (κ1) is 18.9. The lowest BCUT2D eigenvalue weighted by atomic mass is 10.0. The van der Waals surface area contributed by atoms with Crippen molar-refractivity contribution in [3.05, 3.63) is 35.4 Å². The summed E-state index contributed by atoms with van der Waals surface area (Å²) in [5.41, 5.74) is 2.12. The second kappa shape index (κ2) is 12.4. The number of ketones is 1. The maximum absolute atomic E-state index is 12.1. The van der Waals surface area contributed by atoms with Crippen LogP contribution in [-0.4, -0.2) is 12.3 Å². The lowest BCUT2D eigenvalue weighted by Gasteiger charge is -2.06. The number of hydrogen-bond acceptors (Lipinski definition) is 2. The summed E-state index contributed by atoms with van der Waals surface area (Å²) in [6.07, 6.45) is 10.5. The average molecular weight is 303 g/mol. The standard InChI is InChI=1S/C20H33NO/c1-3-5-7-8-9-10-11-20(22)19-14-12-18(13-15-19)17-21-16-6-4-2/h12-15,21H,3-11,16-17H2,1-2H3. The largest absolute Gasteiger partial charge is 0.313 e. The van der Waals surface area contributed by atoms with Crippen molar-refractivity contribution >= 4 is 5.78 Å². The van der Waals surface area contributed by atoms with Crippen LogP contribution in [0.15, 0.2) is 24.3 Å². The molecule has 22 heavy (non-hydrogen) atoms. The highest BCUT2D eigenvalue weighted by atomic mass is 16.1. The van der Waals surface area contributed by atoms with Gasteiger partial charge in [0.25, 0.3) is 0 Å². The number of hydrogen-bond donors (Lipinski definition) is 1. The van der Waals surface area contributed by atoms with Gasteiger partial charge in [-0.1, -0.05) is 76.6 Å². The van der Waals surface area contributed by atoms with E-state index in [1.807, 2.05) is 12.1 Å². The van der Waals surface area contributed by atoms with E-state index >= 15 is 0 Å². The smallest absolute Gasteiger partial charge is 0.162 e. The molecule has 1 aromatic rings. The molecule has 0 fully saturated rings. The molecule has 1 rings (SSSR count). The Morgan fingerprint density at radius 3 is 2.18 bits per heavy atom. The fraction of sp³-hybridized carbons (Fsp3) is 0.650. The fourth-order valence-electron chi connectivity index (χ4n) is 2.55. The Balaban J connectivity index is 2.22. The third kappa shape index (κ3) is 8.33. The predicted octanol–water partition coefficient (Wildman–Crippen LogP) is 5.51. The van der Waals surface area contributed by atoms with E-state index in [1.54, 1.807) is 0 Å². The molecule has 2 heteroatoms. The van der Waals surface area contributed by atoms with Gasteiger partial charge in [-0.05, 0) is 24.9 Å². The van der Waals surface area contributed by atoms with E-state index in [9.17, 15) is 4.79 Å². The van der Waals surface area contributed by atoms with Crippen molar-refractivity contribution in [2.45, 2.75) is 78.2 Å². The molecule has 1 N–H and O–H groups in total. The highest BCUT2D eigenvalue weighted by molar-refractivity contribution is 5.96. The molecule has 0 heterocycles. The lowest BCUT2D eigenvalue weighted by Crippen LogP contribution is -2.14. The van der Waals surface area contributed by atoms with E-state index in [4.69, 9.17) is 0 Å². The van der Waals surface area contributed by atoms with Gasteiger partial charge in [0.2, 0.25) is 0 Å². The van der Waals surface area contributed by atoms with E-state index in [0.29, 0.717) is 12.2 Å². The van der Waals surface area contributed by atoms with E-state index in [0.717, 1.165) is 25.1 Å². The van der Waals surface area contributed by atoms with Crippen LogP contribution >= 0.6 is 0 Å². The number of Topliss-reactive ketones (excluding diaryl/α,β-unsaturated/α-hetero) is 1. The number of unbranched alkanes of at least 4 members (excludes halogenated alkanes) is 6. The van der Waals surface area contributed by atoms with E-state index in [2.05, 4.69) is 31.3 Å². The van der Waals surface area contributed by atoms with Gasteiger partial charge in [0.05, 0.1) is 0 Å². The molecular formula is C20H33NO. The van der Waals surface area contributed by atoms with Crippen LogP contribution in [0.3, 0.4) is 0 Å². The Hall–Kier alpha value is -1.15. The van der Waals surface area contributed by atoms with E-state index < -0.39 is 0 Å². The zero-order chi connectivity index (χ0) is 16.0. The van der Waals surface area contributed by atoms with Crippen LogP contribution in [0.4, 0.5) is 0 Å². The minimum atomic E-state index is 0.293. The van der Waals surface area contributed by atoms with Gasteiger partial charge in [0.1, 0.15) is 0 Å². The number of carbonyl (C=O) groups excluding carboxylic acids is 1. The van der Waals surface area contributed by atoms with Gasteiger partial charge >= 0.3 is 0 Å². The van der Waals surface area contributed by atoms with Crippen LogP contribution in [0, 0.1) is 0 Å². The molecule has 1 aromatic carbocycles. The molecule has 124 valence electrons. The summed E-state index contributed by atoms with van der Waals surface area (Å²) in [4.78, 5) is 12.1. The number of nitrogens with one attached hydrogen (secondary N) is 1. The minimum Gasteiger partial charge on any atom is -0.313 e. The molecule has 0 radical (unpaired) electrons. The first-order chi connectivity index (χ1) is 10.8. The number of carbonyl (C=O) groups is 1. The van der Waals surface area contributed by atoms with Gasteiger partial charge < -0.3 is 5.32 Å². The van der Waals surface area contributed by atoms with Crippen molar-refractivity contribution in [2.75, 3.05) is 6.54 Å². The molecule has 0 spiro atoms. The molecule has 0 saturated carbocycles. The normalized spacial score (nSPS) is 10.8. The second-order valence-corrected chi connectivity index (χ2v) is 6.17. The van der Waals surface area contributed by atoms with E-state index in [-0.39, 0.29) is 0 Å². The van der Waals surface area contributed by atoms with Crippen LogP contribution in [0.5, 0.6) is 0 Å². The van der Waals surface area contributed by atoms with Gasteiger partial charge in [0, 0.05) is 18.5 Å². The first-order valence-corrected chi connectivity index (χ1v) is 9.10. The molecule has 0 saturated heterocycles. The molecule has 0 aliphatic heterocycles. The van der Waals surface area contributed by atoms with Gasteiger partial charge in [-0.15, -0.1) is 0 Å². The summed E-state index contributed by atoms with van der Waals surface area (Å²) in [7, 11) is 0. The minimum absolute atomic E-state index is 0.293. The maximum atomic E-state index is 12.1. The van der Waals surface area contributed by atoms with Gasteiger partial charge in [-0.2, -0.15) is 0 Å². The zero-order valence-corrected chi connectivity index (χ0v) is 14.5. The molecule has 2 nitrogen and oxygen atoms in total. The van der Waals surface area contributed by atoms with Crippen molar-refractivity contribution in [1.82, 2.24) is 5.32 Å². The second-order valence-electron chi connectivity index (χ2n) is 6.17. The SMILES string of the molecule is CCCCCCCCC(=O)c1ccc(CNCCCC)cc1. The number of rotatable bonds is 13. The Labute approximate surface area is 136 Å². The lowest BCUT2D eigenvalue weighted by molar-refractivity contribution is 0.0979. The van der Waals surface area contributed by atoms with Gasteiger partial charge in [-0.3, -0.25) is 4.79 Å². The van der Waals surface area contributed by atoms with E-state index in [1.165, 1.54) is 50.5 Å². The van der Waals surface area contributed by atoms with Crippen molar-refractivity contribution in [3.63, 3.8) is 0 Å². The molecule has 0 unspecified atom stereocenters. The quantitative estimate of drug-likeness (QED) is 0.384. The molecule has 0 atom stereocenters. The van der Waals surface area contributed by atoms with Crippen LogP contribution in [0.25, 0.3) is 0 Å². The third-order valence-electron chi connectivity index (χ3n) is 4.07. The molecule has 0 aliphatic rings. The van der Waals surface area contributed by atoms with Crippen LogP contribution in [-0.2, 0) is 6.54 Å². The van der Waals surface area contributed by atoms with Crippen molar-refractivity contribution < 1.29 is 4.79 Å². The van der Waals surface area contributed by atoms with Gasteiger partial charge in [-0.25, -0.2) is 0 Å². The van der Waals surface area contributed by atoms with Crippen LogP contribution in [0.1, 0.15) is 87.6 Å². The zero-order valence-electron chi connectivity index (χ0n) is 14.5. The Morgan fingerprint density at radius 2 is 1.50 bits per heavy atom. The highest BCUT2D eigenvalue weighted by Gasteiger charge is 2.05. The summed E-state index contributed by atoms with van der Waals surface area (Å²) in [5, 5.41) is 3.42. The van der Waals surface area contributed by atoms with Crippen molar-refractivity contribution in [2.24, 2.45) is 0 Å². The highest BCUT2D eigenvalue weighted by Crippen LogP contribution is 2.12. The predicted molar refractivity (Wildman–Crippen MR) is 95.4 cm³/mol. The van der Waals surface area contributed by atoms with Crippen molar-refractivity contribution in [1.29, 1.82) is 0 Å². The molecule has 0 aliphatic carbocycles. The van der Waals surface area contributed by atoms with Gasteiger partial charge in [0.15, 0.2) is 5.78 Å². The Morgan fingerprint density at radius 1 is 0.864 bits per heavy atom. The topological polar surface area (TPSA) is 29.1 Å². The summed E-state index contributed by atoms with van der Waals surface area (Å²) >= 11 is 0. The third-order valence-corrected chi connectivity index (χ3v) is 4.07. The average Bonchev–Trinajstić information content (AvgIpc) is 2.55. The summed E-state index contributed by atoms with van der Waals surface area (Å²) in [6, 6.07) is 8.12. The number of benzene rings is 1. The monoisotopic (exact) mass is 303 g/mol. The summed E-state index contributed by atoms with van der Waals surface area (Å²) < 4.78 is 0. The summed E-state index contributed by atoms with van der Waals surface area (Å²) in [6.45, 7) is 6.39. The molecule has 0 aromatic heterocycles. The Kier molecular flexibility index (Phi) is 10.7. The maximum Gasteiger partial charge on any atom is 0.162 e. The summed E-state index contributed by atoms with van der Waals surface area (Å²) in [5.74, 6) is 0.293. The van der Waals surface area contributed by atoms with Crippen molar-refractivity contribution in [3.8, 4) is 0 Å². The molecule has 0 bridgehead atoms. The van der Waals surface area contributed by atoms with Crippen LogP contribution < -0.4 is 5.32 Å². The first-order valence-electron chi connectivity index (χ1n) is 9.10. The Bertz CT molecular complexity index is 397.